The van der Waals surface area contributed by atoms with Crippen LogP contribution in [0.15, 0.2) is 54.6 Å². The third kappa shape index (κ3) is 8.30. The summed E-state index contributed by atoms with van der Waals surface area (Å²) in [6.07, 6.45) is 2.80. The molecule has 1 aromatic heterocycles. The van der Waals surface area contributed by atoms with Gasteiger partial charge >= 0.3 is 13.8 Å². The molecule has 0 aliphatic heterocycles. The Kier molecular flexibility index (Phi) is 9.08. The molecule has 6 N–H and O–H groups in total. The monoisotopic (exact) mass is 519 g/mol. The molecule has 1 heterocycles. The molecule has 36 heavy (non-hydrogen) atoms. The van der Waals surface area contributed by atoms with Crippen LogP contribution in [0.3, 0.4) is 0 Å². The molecule has 0 saturated heterocycles. The minimum Gasteiger partial charge on any atom is -0.481 e. The topological polar surface area (TPSA) is 168 Å². The summed E-state index contributed by atoms with van der Waals surface area (Å²) in [5.41, 5.74) is 4.43. The van der Waals surface area contributed by atoms with E-state index in [0.29, 0.717) is 5.92 Å². The molecule has 2 atom stereocenters. The number of carbonyl (C=O) groups is 1. The van der Waals surface area contributed by atoms with Crippen LogP contribution in [0.25, 0.3) is 28.1 Å². The number of aliphatic carboxylic acids is 1. The van der Waals surface area contributed by atoms with Gasteiger partial charge in [0, 0.05) is 28.9 Å². The standard InChI is InChI=1S/C25H24FNO4.H3O4P/c26-17-9-7-15(8-10-17)24-20-3-1-2-4-22(20)27-25(16-5-6-16)21(24)12-11-18(28)13-19(29)14-23(30)31;1-5(2,3)4/h1-4,7-12,16,18-19,28-29H,5-6,13-14H2,(H,30,31);(H3,1,2,3,4)/b12-11+;/t18-,19-;/m1./s1. The lowest BCUT2D eigenvalue weighted by atomic mass is 9.92. The second kappa shape index (κ2) is 11.8. The zero-order chi connectivity index (χ0) is 26.5. The lowest BCUT2D eigenvalue weighted by Crippen LogP contribution is -2.19. The molecule has 0 unspecified atom stereocenters. The van der Waals surface area contributed by atoms with Crippen LogP contribution in [0, 0.1) is 5.82 Å². The van der Waals surface area contributed by atoms with Gasteiger partial charge in [0.25, 0.3) is 0 Å². The molecule has 3 aromatic rings. The number of rotatable bonds is 8. The van der Waals surface area contributed by atoms with Gasteiger partial charge in [-0.1, -0.05) is 42.5 Å². The number of benzene rings is 2. The number of aromatic nitrogens is 1. The zero-order valence-electron chi connectivity index (χ0n) is 19.1. The molecular weight excluding hydrogens is 492 g/mol. The summed E-state index contributed by atoms with van der Waals surface area (Å²) in [4.78, 5) is 37.2. The maximum atomic E-state index is 13.6. The normalized spacial score (nSPS) is 15.4. The number of para-hydroxylation sites is 1. The first-order valence-electron chi connectivity index (χ1n) is 11.2. The lowest BCUT2D eigenvalue weighted by molar-refractivity contribution is -0.139. The van der Waals surface area contributed by atoms with Crippen LogP contribution in [0.5, 0.6) is 0 Å². The molecule has 0 radical (unpaired) electrons. The Labute approximate surface area is 206 Å². The van der Waals surface area contributed by atoms with Crippen molar-refractivity contribution in [1.82, 2.24) is 4.98 Å². The average Bonchev–Trinajstić information content (AvgIpc) is 3.61. The molecule has 1 fully saturated rings. The first kappa shape index (κ1) is 27.6. The zero-order valence-corrected chi connectivity index (χ0v) is 20.0. The number of hydrogen-bond donors (Lipinski definition) is 6. The molecule has 1 aliphatic carbocycles. The minimum atomic E-state index is -4.64. The van der Waals surface area contributed by atoms with Gasteiger partial charge in [-0.15, -0.1) is 0 Å². The SMILES string of the molecule is O=C(O)C[C@H](O)C[C@H](O)/C=C/c1c(C2CC2)nc2ccccc2c1-c1ccc(F)cc1.O=P(O)(O)O. The summed E-state index contributed by atoms with van der Waals surface area (Å²) in [7, 11) is -4.64. The highest BCUT2D eigenvalue weighted by Crippen LogP contribution is 2.45. The molecule has 11 heteroatoms. The number of phosphoric acid groups is 1. The van der Waals surface area contributed by atoms with E-state index in [1.165, 1.54) is 12.1 Å². The van der Waals surface area contributed by atoms with Gasteiger partial charge in [-0.05, 0) is 36.6 Å². The Morgan fingerprint density at radius 3 is 2.28 bits per heavy atom. The van der Waals surface area contributed by atoms with Gasteiger partial charge in [-0.3, -0.25) is 9.78 Å². The summed E-state index contributed by atoms with van der Waals surface area (Å²) >= 11 is 0. The average molecular weight is 519 g/mol. The highest BCUT2D eigenvalue weighted by atomic mass is 31.2. The highest BCUT2D eigenvalue weighted by molar-refractivity contribution is 7.45. The van der Waals surface area contributed by atoms with E-state index >= 15 is 0 Å². The van der Waals surface area contributed by atoms with E-state index in [1.54, 1.807) is 24.3 Å². The summed E-state index contributed by atoms with van der Waals surface area (Å²) < 4.78 is 22.5. The van der Waals surface area contributed by atoms with Gasteiger partial charge in [-0.2, -0.15) is 0 Å². The molecule has 1 aliphatic rings. The third-order valence-corrected chi connectivity index (χ3v) is 5.47. The fourth-order valence-electron chi connectivity index (χ4n) is 3.86. The Hall–Kier alpha value is -2.98. The Morgan fingerprint density at radius 2 is 1.69 bits per heavy atom. The first-order chi connectivity index (χ1) is 16.9. The van der Waals surface area contributed by atoms with Crippen LogP contribution in [0.2, 0.25) is 0 Å². The van der Waals surface area contributed by atoms with Crippen LogP contribution in [0.1, 0.15) is 42.9 Å². The number of hydrogen-bond acceptors (Lipinski definition) is 5. The fourth-order valence-corrected chi connectivity index (χ4v) is 3.86. The van der Waals surface area contributed by atoms with E-state index in [2.05, 4.69) is 0 Å². The molecule has 1 saturated carbocycles. The number of fused-ring (bicyclic) bond motifs is 1. The van der Waals surface area contributed by atoms with Crippen LogP contribution in [-0.4, -0.2) is 53.2 Å². The smallest absolute Gasteiger partial charge is 0.466 e. The van der Waals surface area contributed by atoms with Crippen molar-refractivity contribution in [2.24, 2.45) is 0 Å². The molecule has 0 spiro atoms. The molecule has 9 nitrogen and oxygen atoms in total. The van der Waals surface area contributed by atoms with E-state index in [-0.39, 0.29) is 12.2 Å². The van der Waals surface area contributed by atoms with Crippen LogP contribution >= 0.6 is 7.82 Å². The number of carboxylic acid groups (broad SMARTS) is 1. The van der Waals surface area contributed by atoms with E-state index in [9.17, 15) is 19.4 Å². The molecule has 0 amide bonds. The number of aliphatic hydroxyl groups excluding tert-OH is 2. The van der Waals surface area contributed by atoms with Crippen molar-refractivity contribution in [1.29, 1.82) is 0 Å². The first-order valence-corrected chi connectivity index (χ1v) is 12.7. The number of carboxylic acids is 1. The largest absolute Gasteiger partial charge is 0.481 e. The van der Waals surface area contributed by atoms with Gasteiger partial charge in [0.15, 0.2) is 0 Å². The summed E-state index contributed by atoms with van der Waals surface area (Å²) in [5, 5.41) is 29.9. The Morgan fingerprint density at radius 1 is 1.08 bits per heavy atom. The molecule has 2 aromatic carbocycles. The number of pyridine rings is 1. The van der Waals surface area contributed by atoms with Crippen LogP contribution in [-0.2, 0) is 9.36 Å². The van der Waals surface area contributed by atoms with Gasteiger partial charge < -0.3 is 30.0 Å². The third-order valence-electron chi connectivity index (χ3n) is 5.47. The fraction of sp³-hybridized carbons (Fsp3) is 0.280. The molecule has 0 bridgehead atoms. The summed E-state index contributed by atoms with van der Waals surface area (Å²) in [6, 6.07) is 14.1. The molecule has 192 valence electrons. The summed E-state index contributed by atoms with van der Waals surface area (Å²) in [5.74, 6) is -1.10. The van der Waals surface area contributed by atoms with E-state index in [0.717, 1.165) is 46.1 Å². The van der Waals surface area contributed by atoms with E-state index in [1.807, 2.05) is 24.3 Å². The van der Waals surface area contributed by atoms with Crippen molar-refractivity contribution < 1.29 is 43.7 Å². The predicted octanol–water partition coefficient (Wildman–Crippen LogP) is 3.59. The van der Waals surface area contributed by atoms with Crippen LogP contribution < -0.4 is 0 Å². The number of aliphatic hydroxyl groups is 2. The van der Waals surface area contributed by atoms with E-state index in [4.69, 9.17) is 29.3 Å². The van der Waals surface area contributed by atoms with Crippen molar-refractivity contribution in [3.63, 3.8) is 0 Å². The Bertz CT molecular complexity index is 1280. The minimum absolute atomic E-state index is 0.0749. The Balaban J connectivity index is 0.000000658. The van der Waals surface area contributed by atoms with Crippen molar-refractivity contribution in [2.45, 2.75) is 43.8 Å². The van der Waals surface area contributed by atoms with Gasteiger partial charge in [-0.25, -0.2) is 8.96 Å². The maximum absolute atomic E-state index is 13.6. The van der Waals surface area contributed by atoms with Crippen molar-refractivity contribution in [2.75, 3.05) is 0 Å². The lowest BCUT2D eigenvalue weighted by Gasteiger charge is -2.16. The quantitative estimate of drug-likeness (QED) is 0.244. The highest BCUT2D eigenvalue weighted by Gasteiger charge is 2.29. The molecule has 4 rings (SSSR count). The van der Waals surface area contributed by atoms with Crippen molar-refractivity contribution in [3.05, 3.63) is 71.7 Å². The van der Waals surface area contributed by atoms with Crippen LogP contribution in [0.4, 0.5) is 4.39 Å². The maximum Gasteiger partial charge on any atom is 0.466 e. The van der Waals surface area contributed by atoms with E-state index < -0.39 is 32.4 Å². The second-order valence-electron chi connectivity index (χ2n) is 8.51. The summed E-state index contributed by atoms with van der Waals surface area (Å²) in [6.45, 7) is 0. The predicted molar refractivity (Wildman–Crippen MR) is 131 cm³/mol. The van der Waals surface area contributed by atoms with Gasteiger partial charge in [0.2, 0.25) is 0 Å². The number of nitrogens with zero attached hydrogens (tertiary/aromatic N) is 1. The number of halogens is 1. The van der Waals surface area contributed by atoms with Crippen molar-refractivity contribution >= 4 is 30.8 Å². The van der Waals surface area contributed by atoms with Crippen molar-refractivity contribution in [3.8, 4) is 11.1 Å². The second-order valence-corrected chi connectivity index (χ2v) is 9.54. The molecular formula is C25H27FNO8P. The van der Waals surface area contributed by atoms with Gasteiger partial charge in [0.1, 0.15) is 5.82 Å². The van der Waals surface area contributed by atoms with Gasteiger partial charge in [0.05, 0.1) is 29.8 Å².